The second-order valence-corrected chi connectivity index (χ2v) is 13.5. The molecule has 0 saturated heterocycles. The van der Waals surface area contributed by atoms with Gasteiger partial charge < -0.3 is 4.57 Å². The van der Waals surface area contributed by atoms with Crippen molar-refractivity contribution in [2.75, 3.05) is 0 Å². The number of nitrogens with zero attached hydrogens (tertiary/aromatic N) is 4. The Labute approximate surface area is 292 Å². The SMILES string of the molecule is c1ccc(-c2nc(-c3ccccc3)nc(-c3cc(-c4cccc5c4sc4ccccc45)c4c5ccccc5n(-c5ccccc5)c4c3)n2)cc1. The molecule has 10 aromatic rings. The lowest BCUT2D eigenvalue weighted by molar-refractivity contribution is 1.07. The Balaban J connectivity index is 1.34. The van der Waals surface area contributed by atoms with Gasteiger partial charge in [-0.1, -0.05) is 133 Å². The van der Waals surface area contributed by atoms with E-state index in [4.69, 9.17) is 15.0 Å². The zero-order valence-corrected chi connectivity index (χ0v) is 27.7. The Morgan fingerprint density at radius 1 is 0.400 bits per heavy atom. The molecule has 3 heterocycles. The topological polar surface area (TPSA) is 43.6 Å². The van der Waals surface area contributed by atoms with E-state index in [1.54, 1.807) is 0 Å². The molecule has 5 heteroatoms. The molecule has 50 heavy (non-hydrogen) atoms. The average Bonchev–Trinajstić information content (AvgIpc) is 3.74. The first-order valence-electron chi connectivity index (χ1n) is 16.7. The molecule has 234 valence electrons. The van der Waals surface area contributed by atoms with Crippen molar-refractivity contribution in [3.63, 3.8) is 0 Å². The highest BCUT2D eigenvalue weighted by molar-refractivity contribution is 7.26. The van der Waals surface area contributed by atoms with Crippen molar-refractivity contribution >= 4 is 53.3 Å². The van der Waals surface area contributed by atoms with Crippen LogP contribution in [0.15, 0.2) is 170 Å². The molecule has 0 saturated carbocycles. The van der Waals surface area contributed by atoms with Crippen LogP contribution in [0.25, 0.3) is 93.0 Å². The summed E-state index contributed by atoms with van der Waals surface area (Å²) in [6.45, 7) is 0. The molecular formula is C45H28N4S. The van der Waals surface area contributed by atoms with E-state index in [-0.39, 0.29) is 0 Å². The minimum absolute atomic E-state index is 0.634. The minimum Gasteiger partial charge on any atom is -0.309 e. The van der Waals surface area contributed by atoms with Crippen LogP contribution in [0.4, 0.5) is 0 Å². The Morgan fingerprint density at radius 2 is 0.960 bits per heavy atom. The molecule has 0 aliphatic carbocycles. The molecule has 0 bridgehead atoms. The first-order chi connectivity index (χ1) is 24.8. The van der Waals surface area contributed by atoms with Gasteiger partial charge in [-0.05, 0) is 42.0 Å². The standard InChI is InChI=1S/C45H28N4S/c1-4-15-29(16-5-1)43-46-44(30-17-6-2-7-18-30)48-45(47-43)31-27-37(35-24-14-23-34-33-21-11-13-26-40(33)50-42(34)35)41-36-22-10-12-25-38(36)49(39(41)28-31)32-19-8-3-9-20-32/h1-28H. The van der Waals surface area contributed by atoms with Crippen LogP contribution in [-0.4, -0.2) is 19.5 Å². The van der Waals surface area contributed by atoms with Crippen molar-refractivity contribution in [1.29, 1.82) is 0 Å². The van der Waals surface area contributed by atoms with E-state index in [1.807, 2.05) is 47.7 Å². The van der Waals surface area contributed by atoms with Crippen LogP contribution in [0.1, 0.15) is 0 Å². The molecule has 0 N–H and O–H groups in total. The Morgan fingerprint density at radius 3 is 1.66 bits per heavy atom. The van der Waals surface area contributed by atoms with Crippen molar-refractivity contribution in [3.8, 4) is 51.0 Å². The van der Waals surface area contributed by atoms with Crippen molar-refractivity contribution in [3.05, 3.63) is 170 Å². The Bertz CT molecular complexity index is 2800. The number of aromatic nitrogens is 4. The monoisotopic (exact) mass is 656 g/mol. The molecule has 0 aliphatic heterocycles. The van der Waals surface area contributed by atoms with Crippen molar-refractivity contribution in [1.82, 2.24) is 19.5 Å². The molecule has 3 aromatic heterocycles. The number of hydrogen-bond donors (Lipinski definition) is 0. The maximum absolute atomic E-state index is 5.17. The van der Waals surface area contributed by atoms with E-state index < -0.39 is 0 Å². The first-order valence-corrected chi connectivity index (χ1v) is 17.5. The molecule has 0 unspecified atom stereocenters. The van der Waals surface area contributed by atoms with Crippen LogP contribution in [0.3, 0.4) is 0 Å². The fourth-order valence-corrected chi connectivity index (χ4v) is 8.42. The van der Waals surface area contributed by atoms with Crippen molar-refractivity contribution < 1.29 is 0 Å². The van der Waals surface area contributed by atoms with Gasteiger partial charge in [0.2, 0.25) is 0 Å². The summed E-state index contributed by atoms with van der Waals surface area (Å²) in [5, 5.41) is 4.97. The highest BCUT2D eigenvalue weighted by Gasteiger charge is 2.22. The van der Waals surface area contributed by atoms with E-state index >= 15 is 0 Å². The second kappa shape index (κ2) is 11.6. The number of hydrogen-bond acceptors (Lipinski definition) is 4. The lowest BCUT2D eigenvalue weighted by Gasteiger charge is -2.13. The Kier molecular flexibility index (Phi) is 6.64. The van der Waals surface area contributed by atoms with Gasteiger partial charge in [-0.15, -0.1) is 11.3 Å². The van der Waals surface area contributed by atoms with E-state index in [1.165, 1.54) is 36.5 Å². The highest BCUT2D eigenvalue weighted by Crippen LogP contribution is 2.46. The summed E-state index contributed by atoms with van der Waals surface area (Å²) in [4.78, 5) is 15.3. The maximum Gasteiger partial charge on any atom is 0.164 e. The van der Waals surface area contributed by atoms with Gasteiger partial charge in [-0.3, -0.25) is 0 Å². The van der Waals surface area contributed by atoms with E-state index in [2.05, 4.69) is 138 Å². The van der Waals surface area contributed by atoms with Gasteiger partial charge in [0.15, 0.2) is 17.5 Å². The zero-order chi connectivity index (χ0) is 33.0. The summed E-state index contributed by atoms with van der Waals surface area (Å²) in [6.07, 6.45) is 0. The molecular weight excluding hydrogens is 629 g/mol. The van der Waals surface area contributed by atoms with Gasteiger partial charge >= 0.3 is 0 Å². The van der Waals surface area contributed by atoms with Crippen LogP contribution >= 0.6 is 11.3 Å². The normalized spacial score (nSPS) is 11.6. The molecule has 0 radical (unpaired) electrons. The predicted molar refractivity (Wildman–Crippen MR) is 209 cm³/mol. The molecule has 0 spiro atoms. The molecule has 10 rings (SSSR count). The lowest BCUT2D eigenvalue weighted by Crippen LogP contribution is -2.01. The molecule has 4 nitrogen and oxygen atoms in total. The fourth-order valence-electron chi connectivity index (χ4n) is 7.19. The van der Waals surface area contributed by atoms with Gasteiger partial charge in [-0.2, -0.15) is 0 Å². The summed E-state index contributed by atoms with van der Waals surface area (Å²) >= 11 is 1.85. The summed E-state index contributed by atoms with van der Waals surface area (Å²) in [5.41, 5.74) is 8.55. The average molecular weight is 657 g/mol. The highest BCUT2D eigenvalue weighted by atomic mass is 32.1. The maximum atomic E-state index is 5.17. The van der Waals surface area contributed by atoms with E-state index in [0.717, 1.165) is 39.0 Å². The number of fused-ring (bicyclic) bond motifs is 6. The number of para-hydroxylation sites is 2. The zero-order valence-electron chi connectivity index (χ0n) is 26.9. The van der Waals surface area contributed by atoms with Gasteiger partial charge in [0.1, 0.15) is 0 Å². The van der Waals surface area contributed by atoms with Crippen LogP contribution in [0, 0.1) is 0 Å². The van der Waals surface area contributed by atoms with Gasteiger partial charge in [0, 0.05) is 58.9 Å². The fraction of sp³-hybridized carbons (Fsp3) is 0. The third-order valence-electron chi connectivity index (χ3n) is 9.44. The summed E-state index contributed by atoms with van der Waals surface area (Å²) < 4.78 is 4.93. The smallest absolute Gasteiger partial charge is 0.164 e. The molecule has 0 fully saturated rings. The lowest BCUT2D eigenvalue weighted by atomic mass is 9.95. The van der Waals surface area contributed by atoms with Crippen molar-refractivity contribution in [2.24, 2.45) is 0 Å². The van der Waals surface area contributed by atoms with Crippen LogP contribution < -0.4 is 0 Å². The van der Waals surface area contributed by atoms with Crippen LogP contribution in [0.5, 0.6) is 0 Å². The molecule has 0 aliphatic rings. The van der Waals surface area contributed by atoms with Crippen LogP contribution in [0.2, 0.25) is 0 Å². The third-order valence-corrected chi connectivity index (χ3v) is 10.7. The summed E-state index contributed by atoms with van der Waals surface area (Å²) in [5.74, 6) is 1.92. The van der Waals surface area contributed by atoms with Gasteiger partial charge in [-0.25, -0.2) is 15.0 Å². The largest absolute Gasteiger partial charge is 0.309 e. The van der Waals surface area contributed by atoms with Crippen molar-refractivity contribution in [2.45, 2.75) is 0 Å². The number of thiophene rings is 1. The van der Waals surface area contributed by atoms with Gasteiger partial charge in [0.05, 0.1) is 11.0 Å². The summed E-state index contributed by atoms with van der Waals surface area (Å²) in [7, 11) is 0. The van der Waals surface area contributed by atoms with Gasteiger partial charge in [0.25, 0.3) is 0 Å². The van der Waals surface area contributed by atoms with Crippen LogP contribution in [-0.2, 0) is 0 Å². The van der Waals surface area contributed by atoms with E-state index in [9.17, 15) is 0 Å². The minimum atomic E-state index is 0.634. The first kappa shape index (κ1) is 28.6. The quantitative estimate of drug-likeness (QED) is 0.185. The predicted octanol–water partition coefficient (Wildman–Crippen LogP) is 12.0. The molecule has 7 aromatic carbocycles. The second-order valence-electron chi connectivity index (χ2n) is 12.4. The summed E-state index contributed by atoms with van der Waals surface area (Å²) in [6, 6.07) is 59.6. The third kappa shape index (κ3) is 4.63. The Hall–Kier alpha value is -6.43. The van der Waals surface area contributed by atoms with E-state index in [0.29, 0.717) is 17.5 Å². The molecule has 0 amide bonds. The number of rotatable bonds is 5. The molecule has 0 atom stereocenters. The number of benzene rings is 7.